The maximum absolute atomic E-state index is 11.8. The van der Waals surface area contributed by atoms with Crippen molar-refractivity contribution in [2.45, 2.75) is 6.92 Å². The van der Waals surface area contributed by atoms with Crippen molar-refractivity contribution in [2.75, 3.05) is 5.32 Å². The number of halogens is 1. The predicted octanol–water partition coefficient (Wildman–Crippen LogP) is 2.73. The summed E-state index contributed by atoms with van der Waals surface area (Å²) in [6.45, 7) is 1.85. The van der Waals surface area contributed by atoms with Gasteiger partial charge in [0.25, 0.3) is 5.91 Å². The Kier molecular flexibility index (Phi) is 3.05. The molecule has 0 spiro atoms. The number of nitrogens with zero attached hydrogens (tertiary/aromatic N) is 1. The highest BCUT2D eigenvalue weighted by Crippen LogP contribution is 2.14. The van der Waals surface area contributed by atoms with Crippen molar-refractivity contribution in [1.29, 1.82) is 0 Å². The highest BCUT2D eigenvalue weighted by atomic mass is 79.9. The van der Waals surface area contributed by atoms with Crippen molar-refractivity contribution in [3.63, 3.8) is 0 Å². The van der Waals surface area contributed by atoms with Crippen molar-refractivity contribution in [1.82, 2.24) is 9.97 Å². The van der Waals surface area contributed by atoms with E-state index in [4.69, 9.17) is 0 Å². The molecule has 2 aromatic heterocycles. The van der Waals surface area contributed by atoms with Crippen LogP contribution in [0.3, 0.4) is 0 Å². The van der Waals surface area contributed by atoms with Gasteiger partial charge in [-0.2, -0.15) is 0 Å². The van der Waals surface area contributed by atoms with Gasteiger partial charge in [-0.05, 0) is 41.1 Å². The summed E-state index contributed by atoms with van der Waals surface area (Å²) in [7, 11) is 0. The van der Waals surface area contributed by atoms with Crippen molar-refractivity contribution >= 4 is 27.5 Å². The third-order valence-electron chi connectivity index (χ3n) is 2.15. The van der Waals surface area contributed by atoms with E-state index in [9.17, 15) is 4.79 Å². The zero-order chi connectivity index (χ0) is 11.5. The van der Waals surface area contributed by atoms with Gasteiger partial charge in [0.05, 0.1) is 11.4 Å². The van der Waals surface area contributed by atoms with Crippen LogP contribution in [-0.4, -0.2) is 15.9 Å². The summed E-state index contributed by atoms with van der Waals surface area (Å²) in [5.74, 6) is -0.179. The molecule has 0 aromatic carbocycles. The molecule has 4 nitrogen and oxygen atoms in total. The topological polar surface area (TPSA) is 57.8 Å². The molecule has 5 heteroatoms. The smallest absolute Gasteiger partial charge is 0.272 e. The van der Waals surface area contributed by atoms with Gasteiger partial charge < -0.3 is 10.3 Å². The van der Waals surface area contributed by atoms with Gasteiger partial charge in [0.1, 0.15) is 5.69 Å². The van der Waals surface area contributed by atoms with Crippen molar-refractivity contribution in [3.8, 4) is 0 Å². The van der Waals surface area contributed by atoms with Crippen molar-refractivity contribution < 1.29 is 4.79 Å². The highest BCUT2D eigenvalue weighted by Gasteiger charge is 2.09. The number of H-pyrrole nitrogens is 1. The van der Waals surface area contributed by atoms with Crippen LogP contribution in [0.15, 0.2) is 35.1 Å². The highest BCUT2D eigenvalue weighted by molar-refractivity contribution is 9.10. The molecule has 2 rings (SSSR count). The third kappa shape index (κ3) is 2.30. The minimum absolute atomic E-state index is 0.179. The Morgan fingerprint density at radius 2 is 2.38 bits per heavy atom. The number of anilines is 1. The lowest BCUT2D eigenvalue weighted by Gasteiger charge is -2.05. The molecule has 2 aromatic rings. The maximum Gasteiger partial charge on any atom is 0.272 e. The molecule has 0 atom stereocenters. The van der Waals surface area contributed by atoms with Crippen LogP contribution < -0.4 is 5.32 Å². The molecule has 0 aliphatic rings. The van der Waals surface area contributed by atoms with E-state index in [0.29, 0.717) is 5.69 Å². The molecule has 2 N–H and O–H groups in total. The van der Waals surface area contributed by atoms with E-state index >= 15 is 0 Å². The Balaban J connectivity index is 2.17. The summed E-state index contributed by atoms with van der Waals surface area (Å²) in [6.07, 6.45) is 3.40. The molecule has 0 fully saturated rings. The van der Waals surface area contributed by atoms with E-state index in [1.165, 1.54) is 0 Å². The molecule has 0 unspecified atom stereocenters. The molecular formula is C11H10BrN3O. The van der Waals surface area contributed by atoms with E-state index in [-0.39, 0.29) is 5.91 Å². The second-order valence-electron chi connectivity index (χ2n) is 3.32. The largest absolute Gasteiger partial charge is 0.356 e. The Hall–Kier alpha value is -1.62. The number of amides is 1. The van der Waals surface area contributed by atoms with Crippen molar-refractivity contribution in [3.05, 3.63) is 46.5 Å². The van der Waals surface area contributed by atoms with Gasteiger partial charge in [-0.1, -0.05) is 0 Å². The average Bonchev–Trinajstić information content (AvgIpc) is 2.68. The number of carbonyl (C=O) groups excluding carboxylic acids is 1. The molecule has 1 amide bonds. The van der Waals surface area contributed by atoms with E-state index in [2.05, 4.69) is 31.2 Å². The first-order valence-corrected chi connectivity index (χ1v) is 5.53. The zero-order valence-electron chi connectivity index (χ0n) is 8.62. The van der Waals surface area contributed by atoms with Crippen LogP contribution in [0, 0.1) is 6.92 Å². The van der Waals surface area contributed by atoms with E-state index in [1.54, 1.807) is 24.5 Å². The molecular weight excluding hydrogens is 270 g/mol. The van der Waals surface area contributed by atoms with Crippen LogP contribution >= 0.6 is 15.9 Å². The number of aromatic amines is 1. The van der Waals surface area contributed by atoms with Gasteiger partial charge >= 0.3 is 0 Å². The number of pyridine rings is 1. The van der Waals surface area contributed by atoms with Crippen LogP contribution in [-0.2, 0) is 0 Å². The van der Waals surface area contributed by atoms with E-state index in [0.717, 1.165) is 15.9 Å². The number of nitrogens with one attached hydrogen (secondary N) is 2. The molecule has 0 aliphatic carbocycles. The lowest BCUT2D eigenvalue weighted by atomic mass is 10.3. The van der Waals surface area contributed by atoms with Gasteiger partial charge in [0, 0.05) is 16.9 Å². The monoisotopic (exact) mass is 279 g/mol. The Labute approximate surface area is 101 Å². The van der Waals surface area contributed by atoms with Gasteiger partial charge in [-0.25, -0.2) is 0 Å². The summed E-state index contributed by atoms with van der Waals surface area (Å²) >= 11 is 3.28. The maximum atomic E-state index is 11.8. The zero-order valence-corrected chi connectivity index (χ0v) is 10.2. The summed E-state index contributed by atoms with van der Waals surface area (Å²) in [5.41, 5.74) is 2.02. The number of aromatic nitrogens is 2. The second-order valence-corrected chi connectivity index (χ2v) is 4.24. The van der Waals surface area contributed by atoms with Crippen LogP contribution in [0.1, 0.15) is 16.2 Å². The Bertz CT molecular complexity index is 521. The number of hydrogen-bond acceptors (Lipinski definition) is 2. The molecule has 16 heavy (non-hydrogen) atoms. The summed E-state index contributed by atoms with van der Waals surface area (Å²) in [4.78, 5) is 18.8. The van der Waals surface area contributed by atoms with Gasteiger partial charge in [0.2, 0.25) is 0 Å². The van der Waals surface area contributed by atoms with Gasteiger partial charge in [-0.3, -0.25) is 9.78 Å². The predicted molar refractivity (Wildman–Crippen MR) is 65.4 cm³/mol. The summed E-state index contributed by atoms with van der Waals surface area (Å²) < 4.78 is 0.848. The van der Waals surface area contributed by atoms with Crippen molar-refractivity contribution in [2.24, 2.45) is 0 Å². The number of rotatable bonds is 2. The first kappa shape index (κ1) is 10.9. The molecule has 82 valence electrons. The SMILES string of the molecule is Cc1ncccc1NC(=O)c1cc(Br)c[nH]1. The molecule has 0 saturated heterocycles. The Morgan fingerprint density at radius 3 is 3.00 bits per heavy atom. The third-order valence-corrected chi connectivity index (χ3v) is 2.61. The summed E-state index contributed by atoms with van der Waals surface area (Å²) in [5, 5.41) is 2.79. The average molecular weight is 280 g/mol. The van der Waals surface area contributed by atoms with Crippen LogP contribution in [0.2, 0.25) is 0 Å². The lowest BCUT2D eigenvalue weighted by molar-refractivity contribution is 0.102. The number of hydrogen-bond donors (Lipinski definition) is 2. The van der Waals surface area contributed by atoms with Gasteiger partial charge in [-0.15, -0.1) is 0 Å². The fourth-order valence-electron chi connectivity index (χ4n) is 1.31. The van der Waals surface area contributed by atoms with Gasteiger partial charge in [0.15, 0.2) is 0 Å². The molecule has 0 bridgehead atoms. The first-order valence-electron chi connectivity index (χ1n) is 4.73. The number of carbonyl (C=O) groups is 1. The first-order chi connectivity index (χ1) is 7.66. The fourth-order valence-corrected chi connectivity index (χ4v) is 1.65. The second kappa shape index (κ2) is 4.49. The quantitative estimate of drug-likeness (QED) is 0.888. The van der Waals surface area contributed by atoms with Crippen LogP contribution in [0.4, 0.5) is 5.69 Å². The molecule has 0 radical (unpaired) electrons. The van der Waals surface area contributed by atoms with E-state index < -0.39 is 0 Å². The molecule has 0 saturated carbocycles. The van der Waals surface area contributed by atoms with Crippen LogP contribution in [0.5, 0.6) is 0 Å². The lowest BCUT2D eigenvalue weighted by Crippen LogP contribution is -2.13. The normalized spacial score (nSPS) is 10.1. The summed E-state index contributed by atoms with van der Waals surface area (Å²) in [6, 6.07) is 5.33. The standard InChI is InChI=1S/C11H10BrN3O/c1-7-9(3-2-4-13-7)15-11(16)10-5-8(12)6-14-10/h2-6,14H,1H3,(H,15,16). The minimum Gasteiger partial charge on any atom is -0.356 e. The fraction of sp³-hybridized carbons (Fsp3) is 0.0909. The number of aryl methyl sites for hydroxylation is 1. The van der Waals surface area contributed by atoms with E-state index in [1.807, 2.05) is 13.0 Å². The minimum atomic E-state index is -0.179. The molecule has 0 aliphatic heterocycles. The van der Waals surface area contributed by atoms with Crippen LogP contribution in [0.25, 0.3) is 0 Å². The Morgan fingerprint density at radius 1 is 1.56 bits per heavy atom. The molecule has 2 heterocycles.